The first-order valence-electron chi connectivity index (χ1n) is 7.02. The molecule has 1 saturated heterocycles. The maximum Gasteiger partial charge on any atom is 0.223 e. The van der Waals surface area contributed by atoms with E-state index in [2.05, 4.69) is 25.2 Å². The number of hydrogen-bond acceptors (Lipinski definition) is 7. The summed E-state index contributed by atoms with van der Waals surface area (Å²) in [7, 11) is 0. The van der Waals surface area contributed by atoms with Crippen LogP contribution in [-0.4, -0.2) is 41.3 Å². The second-order valence-electron chi connectivity index (χ2n) is 4.91. The van der Waals surface area contributed by atoms with E-state index in [-0.39, 0.29) is 5.95 Å². The average Bonchev–Trinajstić information content (AvgIpc) is 2.53. The molecule has 7 nitrogen and oxygen atoms in total. The lowest BCUT2D eigenvalue weighted by molar-refractivity contribution is 0.122. The first kappa shape index (κ1) is 14.8. The van der Waals surface area contributed by atoms with Crippen molar-refractivity contribution in [1.82, 2.24) is 15.0 Å². The minimum Gasteiger partial charge on any atom is -0.378 e. The van der Waals surface area contributed by atoms with Crippen molar-refractivity contribution in [3.63, 3.8) is 0 Å². The molecule has 0 aromatic carbocycles. The number of pyridine rings is 1. The largest absolute Gasteiger partial charge is 0.378 e. The number of nitrogens with zero attached hydrogens (tertiary/aromatic N) is 4. The number of anilines is 3. The summed E-state index contributed by atoms with van der Waals surface area (Å²) in [6, 6.07) is 5.69. The zero-order valence-electron chi connectivity index (χ0n) is 12.0. The van der Waals surface area contributed by atoms with Crippen LogP contribution in [0, 0.1) is 0 Å². The molecule has 3 rings (SSSR count). The Hall–Kier alpha value is -2.12. The van der Waals surface area contributed by atoms with Gasteiger partial charge in [-0.1, -0.05) is 17.7 Å². The number of morpholine rings is 1. The molecule has 0 atom stereocenters. The van der Waals surface area contributed by atoms with Crippen LogP contribution in [0.3, 0.4) is 0 Å². The van der Waals surface area contributed by atoms with Gasteiger partial charge in [-0.15, -0.1) is 0 Å². The van der Waals surface area contributed by atoms with Crippen molar-refractivity contribution < 1.29 is 4.74 Å². The Labute approximate surface area is 133 Å². The molecule has 0 radical (unpaired) electrons. The van der Waals surface area contributed by atoms with Crippen LogP contribution in [0.1, 0.15) is 5.56 Å². The molecular formula is C14H17ClN6O. The molecule has 0 saturated carbocycles. The Kier molecular flexibility index (Phi) is 4.55. The second kappa shape index (κ2) is 6.76. The minimum atomic E-state index is 0.149. The van der Waals surface area contributed by atoms with E-state index in [1.54, 1.807) is 6.07 Å². The lowest BCUT2D eigenvalue weighted by atomic mass is 10.2. The SMILES string of the molecule is Nc1nc(Cl)cc(NCc2ccc(N3CCOCC3)nc2)n1. The minimum absolute atomic E-state index is 0.149. The Balaban J connectivity index is 1.61. The van der Waals surface area contributed by atoms with Gasteiger partial charge in [-0.25, -0.2) is 9.97 Å². The number of nitrogens with two attached hydrogens (primary N) is 1. The predicted molar refractivity (Wildman–Crippen MR) is 86.1 cm³/mol. The van der Waals surface area contributed by atoms with Gasteiger partial charge in [-0.05, 0) is 11.6 Å². The van der Waals surface area contributed by atoms with Crippen molar-refractivity contribution in [3.05, 3.63) is 35.1 Å². The van der Waals surface area contributed by atoms with Gasteiger partial charge in [-0.3, -0.25) is 0 Å². The third kappa shape index (κ3) is 3.75. The summed E-state index contributed by atoms with van der Waals surface area (Å²) in [6.45, 7) is 3.84. The third-order valence-electron chi connectivity index (χ3n) is 3.33. The Morgan fingerprint density at radius 1 is 1.27 bits per heavy atom. The smallest absolute Gasteiger partial charge is 0.223 e. The normalized spacial score (nSPS) is 14.9. The Morgan fingerprint density at radius 3 is 2.77 bits per heavy atom. The van der Waals surface area contributed by atoms with Crippen LogP contribution >= 0.6 is 11.6 Å². The van der Waals surface area contributed by atoms with Crippen molar-refractivity contribution in [1.29, 1.82) is 0 Å². The molecule has 8 heteroatoms. The zero-order valence-corrected chi connectivity index (χ0v) is 12.8. The molecule has 1 aliphatic rings. The molecule has 0 spiro atoms. The van der Waals surface area contributed by atoms with Crippen molar-refractivity contribution in [2.24, 2.45) is 0 Å². The number of halogens is 1. The van der Waals surface area contributed by atoms with E-state index in [0.717, 1.165) is 37.7 Å². The summed E-state index contributed by atoms with van der Waals surface area (Å²) in [5.41, 5.74) is 6.60. The molecule has 22 heavy (non-hydrogen) atoms. The first-order chi connectivity index (χ1) is 10.7. The molecule has 0 amide bonds. The number of rotatable bonds is 4. The fourth-order valence-electron chi connectivity index (χ4n) is 2.22. The quantitative estimate of drug-likeness (QED) is 0.826. The fraction of sp³-hybridized carbons (Fsp3) is 0.357. The van der Waals surface area contributed by atoms with E-state index in [1.807, 2.05) is 18.3 Å². The molecule has 0 aliphatic carbocycles. The van der Waals surface area contributed by atoms with Gasteiger partial charge in [0.2, 0.25) is 5.95 Å². The standard InChI is InChI=1S/C14H17ClN6O/c15-11-7-12(20-14(16)19-11)17-8-10-1-2-13(18-9-10)21-3-5-22-6-4-21/h1-2,7,9H,3-6,8H2,(H3,16,17,19,20). The Bertz CT molecular complexity index is 609. The second-order valence-corrected chi connectivity index (χ2v) is 5.30. The number of nitrogen functional groups attached to an aromatic ring is 1. The van der Waals surface area contributed by atoms with Crippen LogP contribution in [0.2, 0.25) is 5.15 Å². The van der Waals surface area contributed by atoms with Crippen molar-refractivity contribution >= 4 is 29.2 Å². The van der Waals surface area contributed by atoms with Crippen LogP contribution in [0.15, 0.2) is 24.4 Å². The zero-order chi connectivity index (χ0) is 15.4. The summed E-state index contributed by atoms with van der Waals surface area (Å²) in [5, 5.41) is 3.47. The number of ether oxygens (including phenoxy) is 1. The van der Waals surface area contributed by atoms with Gasteiger partial charge in [0.05, 0.1) is 13.2 Å². The molecule has 3 heterocycles. The van der Waals surface area contributed by atoms with Crippen LogP contribution < -0.4 is 16.0 Å². The van der Waals surface area contributed by atoms with E-state index in [0.29, 0.717) is 17.5 Å². The van der Waals surface area contributed by atoms with Crippen LogP contribution in [-0.2, 0) is 11.3 Å². The number of hydrogen-bond donors (Lipinski definition) is 2. The topological polar surface area (TPSA) is 89.2 Å². The van der Waals surface area contributed by atoms with Gasteiger partial charge in [0, 0.05) is 31.9 Å². The number of nitrogens with one attached hydrogen (secondary N) is 1. The van der Waals surface area contributed by atoms with Gasteiger partial charge in [0.15, 0.2) is 0 Å². The van der Waals surface area contributed by atoms with Gasteiger partial charge in [-0.2, -0.15) is 4.98 Å². The summed E-state index contributed by atoms with van der Waals surface area (Å²) in [5.74, 6) is 1.71. The molecule has 3 N–H and O–H groups in total. The first-order valence-corrected chi connectivity index (χ1v) is 7.40. The summed E-state index contributed by atoms with van der Waals surface area (Å²) in [4.78, 5) is 14.6. The van der Waals surface area contributed by atoms with Gasteiger partial charge in [0.1, 0.15) is 16.8 Å². The molecule has 2 aromatic rings. The maximum absolute atomic E-state index is 5.84. The highest BCUT2D eigenvalue weighted by Gasteiger charge is 2.11. The predicted octanol–water partition coefficient (Wildman–Crippen LogP) is 1.56. The fourth-order valence-corrected chi connectivity index (χ4v) is 2.41. The van der Waals surface area contributed by atoms with E-state index < -0.39 is 0 Å². The van der Waals surface area contributed by atoms with E-state index in [1.165, 1.54) is 0 Å². The van der Waals surface area contributed by atoms with E-state index in [4.69, 9.17) is 22.1 Å². The highest BCUT2D eigenvalue weighted by molar-refractivity contribution is 6.29. The Morgan fingerprint density at radius 2 is 2.09 bits per heavy atom. The van der Waals surface area contributed by atoms with Crippen LogP contribution in [0.25, 0.3) is 0 Å². The molecule has 0 bridgehead atoms. The van der Waals surface area contributed by atoms with Gasteiger partial charge >= 0.3 is 0 Å². The molecular weight excluding hydrogens is 304 g/mol. The third-order valence-corrected chi connectivity index (χ3v) is 3.52. The monoisotopic (exact) mass is 320 g/mol. The maximum atomic E-state index is 5.84. The van der Waals surface area contributed by atoms with E-state index >= 15 is 0 Å². The molecule has 1 aliphatic heterocycles. The number of aromatic nitrogens is 3. The van der Waals surface area contributed by atoms with Crippen molar-refractivity contribution in [2.75, 3.05) is 42.3 Å². The molecule has 0 unspecified atom stereocenters. The lowest BCUT2D eigenvalue weighted by Gasteiger charge is -2.27. The van der Waals surface area contributed by atoms with Crippen LogP contribution in [0.4, 0.5) is 17.6 Å². The molecule has 116 valence electrons. The van der Waals surface area contributed by atoms with E-state index in [9.17, 15) is 0 Å². The highest BCUT2D eigenvalue weighted by Crippen LogP contribution is 2.15. The average molecular weight is 321 g/mol. The summed E-state index contributed by atoms with van der Waals surface area (Å²) < 4.78 is 5.34. The molecule has 2 aromatic heterocycles. The van der Waals surface area contributed by atoms with Gasteiger partial charge < -0.3 is 20.7 Å². The van der Waals surface area contributed by atoms with Crippen LogP contribution in [0.5, 0.6) is 0 Å². The summed E-state index contributed by atoms with van der Waals surface area (Å²) in [6.07, 6.45) is 1.85. The lowest BCUT2D eigenvalue weighted by Crippen LogP contribution is -2.36. The van der Waals surface area contributed by atoms with Crippen molar-refractivity contribution in [3.8, 4) is 0 Å². The molecule has 1 fully saturated rings. The summed E-state index contributed by atoms with van der Waals surface area (Å²) >= 11 is 5.84. The van der Waals surface area contributed by atoms with Crippen molar-refractivity contribution in [2.45, 2.75) is 6.54 Å². The van der Waals surface area contributed by atoms with Gasteiger partial charge in [0.25, 0.3) is 0 Å². The highest BCUT2D eigenvalue weighted by atomic mass is 35.5.